The van der Waals surface area contributed by atoms with Gasteiger partial charge in [0.1, 0.15) is 5.82 Å². The average Bonchev–Trinajstić information content (AvgIpc) is 2.65. The molecule has 88 valence electrons. The van der Waals surface area contributed by atoms with Crippen molar-refractivity contribution >= 4 is 5.95 Å². The van der Waals surface area contributed by atoms with Gasteiger partial charge < -0.3 is 10.6 Å². The summed E-state index contributed by atoms with van der Waals surface area (Å²) in [7, 11) is 0. The van der Waals surface area contributed by atoms with Crippen LogP contribution in [0.4, 0.5) is 5.95 Å². The number of hydrogen-bond donors (Lipinski definition) is 2. The summed E-state index contributed by atoms with van der Waals surface area (Å²) in [4.78, 5) is 6.84. The Bertz CT molecular complexity index is 349. The van der Waals surface area contributed by atoms with E-state index in [4.69, 9.17) is 5.73 Å². The van der Waals surface area contributed by atoms with Gasteiger partial charge in [0.2, 0.25) is 5.95 Å². The second kappa shape index (κ2) is 4.05. The topological polar surface area (TPSA) is 70.8 Å². The molecule has 1 aromatic heterocycles. The average molecular weight is 221 g/mol. The minimum Gasteiger partial charge on any atom is -0.339 e. The van der Waals surface area contributed by atoms with Crippen molar-refractivity contribution in [3.8, 4) is 0 Å². The molecule has 5 heteroatoms. The first-order chi connectivity index (χ1) is 7.83. The minimum atomic E-state index is 0.362. The maximum atomic E-state index is 5.88. The van der Waals surface area contributed by atoms with Crippen LogP contribution in [0.25, 0.3) is 0 Å². The number of aromatic nitrogens is 3. The molecular formula is C11H19N5. The van der Waals surface area contributed by atoms with E-state index in [1.54, 1.807) is 0 Å². The van der Waals surface area contributed by atoms with Crippen LogP contribution in [-0.4, -0.2) is 34.3 Å². The molecule has 2 heterocycles. The van der Waals surface area contributed by atoms with Crippen LogP contribution in [0, 0.1) is 0 Å². The summed E-state index contributed by atoms with van der Waals surface area (Å²) < 4.78 is 0. The predicted octanol–water partition coefficient (Wildman–Crippen LogP) is 1.000. The lowest BCUT2D eigenvalue weighted by atomic mass is 9.85. The Balaban J connectivity index is 1.67. The Hall–Kier alpha value is -1.10. The fraction of sp³-hybridized carbons (Fsp3) is 0.818. The molecule has 0 bridgehead atoms. The molecule has 0 aromatic carbocycles. The van der Waals surface area contributed by atoms with E-state index < -0.39 is 0 Å². The molecule has 5 nitrogen and oxygen atoms in total. The lowest BCUT2D eigenvalue weighted by molar-refractivity contribution is 0.402. The highest BCUT2D eigenvalue weighted by molar-refractivity contribution is 5.30. The fourth-order valence-electron chi connectivity index (χ4n) is 2.37. The zero-order valence-electron chi connectivity index (χ0n) is 9.52. The Morgan fingerprint density at radius 1 is 1.19 bits per heavy atom. The van der Waals surface area contributed by atoms with Crippen LogP contribution in [0.5, 0.6) is 0 Å². The number of hydrogen-bond acceptors (Lipinski definition) is 4. The fourth-order valence-corrected chi connectivity index (χ4v) is 2.37. The van der Waals surface area contributed by atoms with Crippen LogP contribution in [0.3, 0.4) is 0 Å². The normalized spacial score (nSPS) is 23.4. The minimum absolute atomic E-state index is 0.362. The first kappa shape index (κ1) is 10.1. The predicted molar refractivity (Wildman–Crippen MR) is 62.4 cm³/mol. The number of piperidine rings is 1. The summed E-state index contributed by atoms with van der Waals surface area (Å²) in [6.07, 6.45) is 5.96. The Labute approximate surface area is 95.4 Å². The van der Waals surface area contributed by atoms with Crippen LogP contribution >= 0.6 is 0 Å². The van der Waals surface area contributed by atoms with Gasteiger partial charge in [-0.15, -0.1) is 5.10 Å². The van der Waals surface area contributed by atoms with Crippen molar-refractivity contribution in [3.63, 3.8) is 0 Å². The molecule has 1 aliphatic heterocycles. The third-order valence-electron chi connectivity index (χ3n) is 3.81. The summed E-state index contributed by atoms with van der Waals surface area (Å²) in [6, 6.07) is 0.362. The maximum absolute atomic E-state index is 5.88. The molecule has 2 aliphatic rings. The maximum Gasteiger partial charge on any atom is 0.244 e. The van der Waals surface area contributed by atoms with Crippen LogP contribution in [0.2, 0.25) is 0 Å². The van der Waals surface area contributed by atoms with Crippen molar-refractivity contribution in [2.45, 2.75) is 44.1 Å². The lowest BCUT2D eigenvalue weighted by Crippen LogP contribution is -2.40. The Morgan fingerprint density at radius 3 is 2.56 bits per heavy atom. The second-order valence-electron chi connectivity index (χ2n) is 4.97. The first-order valence-corrected chi connectivity index (χ1v) is 6.26. The molecule has 1 aliphatic carbocycles. The second-order valence-corrected chi connectivity index (χ2v) is 4.97. The van der Waals surface area contributed by atoms with E-state index in [2.05, 4.69) is 20.1 Å². The van der Waals surface area contributed by atoms with Crippen LogP contribution in [-0.2, 0) is 0 Å². The highest BCUT2D eigenvalue weighted by atomic mass is 15.4. The molecule has 1 aromatic rings. The number of nitrogens with one attached hydrogen (secondary N) is 1. The van der Waals surface area contributed by atoms with Gasteiger partial charge in [0.15, 0.2) is 0 Å². The Kier molecular flexibility index (Phi) is 2.55. The Morgan fingerprint density at radius 2 is 1.94 bits per heavy atom. The monoisotopic (exact) mass is 221 g/mol. The number of H-pyrrole nitrogens is 1. The van der Waals surface area contributed by atoms with E-state index in [9.17, 15) is 0 Å². The zero-order valence-corrected chi connectivity index (χ0v) is 9.52. The molecule has 1 saturated carbocycles. The zero-order chi connectivity index (χ0) is 11.0. The van der Waals surface area contributed by atoms with E-state index >= 15 is 0 Å². The molecule has 0 atom stereocenters. The van der Waals surface area contributed by atoms with Gasteiger partial charge in [-0.3, -0.25) is 5.10 Å². The van der Waals surface area contributed by atoms with Crippen molar-refractivity contribution < 1.29 is 0 Å². The summed E-state index contributed by atoms with van der Waals surface area (Å²) in [5.74, 6) is 2.58. The van der Waals surface area contributed by atoms with E-state index in [1.807, 2.05) is 0 Å². The smallest absolute Gasteiger partial charge is 0.244 e. The molecule has 0 unspecified atom stereocenters. The number of nitrogens with zero attached hydrogens (tertiary/aromatic N) is 3. The molecule has 3 N–H and O–H groups in total. The SMILES string of the molecule is NC1CCN(c2n[nH]c(C3CCC3)n2)CC1. The highest BCUT2D eigenvalue weighted by Gasteiger charge is 2.25. The number of anilines is 1. The molecule has 16 heavy (non-hydrogen) atoms. The molecular weight excluding hydrogens is 202 g/mol. The van der Waals surface area contributed by atoms with Gasteiger partial charge in [-0.25, -0.2) is 0 Å². The third kappa shape index (κ3) is 1.80. The number of aromatic amines is 1. The van der Waals surface area contributed by atoms with E-state index in [0.29, 0.717) is 12.0 Å². The van der Waals surface area contributed by atoms with Gasteiger partial charge in [-0.2, -0.15) is 4.98 Å². The van der Waals surface area contributed by atoms with Crippen molar-refractivity contribution in [3.05, 3.63) is 5.82 Å². The molecule has 3 rings (SSSR count). The van der Waals surface area contributed by atoms with Crippen molar-refractivity contribution in [1.82, 2.24) is 15.2 Å². The largest absolute Gasteiger partial charge is 0.339 e. The van der Waals surface area contributed by atoms with Gasteiger partial charge in [-0.1, -0.05) is 6.42 Å². The van der Waals surface area contributed by atoms with Gasteiger partial charge in [-0.05, 0) is 25.7 Å². The summed E-state index contributed by atoms with van der Waals surface area (Å²) in [6.45, 7) is 1.98. The summed E-state index contributed by atoms with van der Waals surface area (Å²) >= 11 is 0. The van der Waals surface area contributed by atoms with Crippen molar-refractivity contribution in [2.24, 2.45) is 5.73 Å². The summed E-state index contributed by atoms with van der Waals surface area (Å²) in [5.41, 5.74) is 5.88. The van der Waals surface area contributed by atoms with Crippen molar-refractivity contribution in [2.75, 3.05) is 18.0 Å². The lowest BCUT2D eigenvalue weighted by Gasteiger charge is -2.29. The molecule has 0 spiro atoms. The van der Waals surface area contributed by atoms with Gasteiger partial charge in [0.25, 0.3) is 0 Å². The molecule has 1 saturated heterocycles. The van der Waals surface area contributed by atoms with Gasteiger partial charge in [0, 0.05) is 25.0 Å². The third-order valence-corrected chi connectivity index (χ3v) is 3.81. The summed E-state index contributed by atoms with van der Waals surface area (Å²) in [5, 5.41) is 7.40. The van der Waals surface area contributed by atoms with Crippen LogP contribution in [0.1, 0.15) is 43.8 Å². The number of nitrogens with two attached hydrogens (primary N) is 1. The van der Waals surface area contributed by atoms with Crippen LogP contribution in [0.15, 0.2) is 0 Å². The molecule has 2 fully saturated rings. The van der Waals surface area contributed by atoms with E-state index in [1.165, 1.54) is 19.3 Å². The van der Waals surface area contributed by atoms with E-state index in [-0.39, 0.29) is 0 Å². The van der Waals surface area contributed by atoms with Crippen molar-refractivity contribution in [1.29, 1.82) is 0 Å². The highest BCUT2D eigenvalue weighted by Crippen LogP contribution is 2.34. The number of rotatable bonds is 2. The first-order valence-electron chi connectivity index (χ1n) is 6.26. The van der Waals surface area contributed by atoms with Crippen LogP contribution < -0.4 is 10.6 Å². The van der Waals surface area contributed by atoms with Gasteiger partial charge in [0.05, 0.1) is 0 Å². The molecule has 0 amide bonds. The standard InChI is InChI=1S/C11H19N5/c12-9-4-6-16(7-5-9)11-13-10(14-15-11)8-2-1-3-8/h8-9H,1-7,12H2,(H,13,14,15). The molecule has 0 radical (unpaired) electrons. The van der Waals surface area contributed by atoms with Gasteiger partial charge >= 0.3 is 0 Å². The van der Waals surface area contributed by atoms with E-state index in [0.717, 1.165) is 37.7 Å². The quantitative estimate of drug-likeness (QED) is 0.781.